The van der Waals surface area contributed by atoms with Crippen molar-refractivity contribution >= 4 is 11.6 Å². The summed E-state index contributed by atoms with van der Waals surface area (Å²) in [6, 6.07) is 3.08. The molecule has 1 rings (SSSR count). The third kappa shape index (κ3) is 5.79. The summed E-state index contributed by atoms with van der Waals surface area (Å²) in [4.78, 5) is 13.6. The summed E-state index contributed by atoms with van der Waals surface area (Å²) in [6.07, 6.45) is 0.995. The van der Waals surface area contributed by atoms with Gasteiger partial charge in [0.25, 0.3) is 0 Å². The summed E-state index contributed by atoms with van der Waals surface area (Å²) in [6.45, 7) is 5.21. The highest BCUT2D eigenvalue weighted by Crippen LogP contribution is 2.14. The molecule has 0 radical (unpaired) electrons. The van der Waals surface area contributed by atoms with Crippen LogP contribution in [0.5, 0.6) is 0 Å². The van der Waals surface area contributed by atoms with Gasteiger partial charge >= 0.3 is 0 Å². The lowest BCUT2D eigenvalue weighted by molar-refractivity contribution is -0.117. The van der Waals surface area contributed by atoms with Gasteiger partial charge in [0.05, 0.1) is 12.2 Å². The molecule has 1 aromatic rings. The van der Waals surface area contributed by atoms with Crippen LogP contribution in [0.15, 0.2) is 18.2 Å². The molecule has 0 bridgehead atoms. The third-order valence-corrected chi connectivity index (χ3v) is 2.71. The number of nitrogens with one attached hydrogen (secondary N) is 1. The molecule has 0 aliphatic carbocycles. The normalized spacial score (nSPS) is 11.1. The second-order valence-corrected chi connectivity index (χ2v) is 5.09. The van der Waals surface area contributed by atoms with E-state index in [1.54, 1.807) is 0 Å². The molecule has 0 spiro atoms. The zero-order chi connectivity index (χ0) is 14.4. The average molecular weight is 270 g/mol. The topological polar surface area (TPSA) is 32.3 Å². The SMILES string of the molecule is CC(C)CCN(C)CC(=O)Nc1ccc(F)cc1F. The maximum absolute atomic E-state index is 13.3. The Labute approximate surface area is 112 Å². The summed E-state index contributed by atoms with van der Waals surface area (Å²) in [5.74, 6) is -1.17. The molecule has 106 valence electrons. The van der Waals surface area contributed by atoms with Crippen LogP contribution in [0, 0.1) is 17.6 Å². The van der Waals surface area contributed by atoms with E-state index in [4.69, 9.17) is 0 Å². The second-order valence-electron chi connectivity index (χ2n) is 5.09. The number of rotatable bonds is 6. The molecule has 1 N–H and O–H groups in total. The minimum Gasteiger partial charge on any atom is -0.322 e. The highest BCUT2D eigenvalue weighted by atomic mass is 19.1. The molecule has 0 aliphatic heterocycles. The maximum Gasteiger partial charge on any atom is 0.238 e. The Morgan fingerprint density at radius 1 is 1.37 bits per heavy atom. The molecule has 5 heteroatoms. The molecule has 3 nitrogen and oxygen atoms in total. The fraction of sp³-hybridized carbons (Fsp3) is 0.500. The van der Waals surface area contributed by atoms with E-state index in [0.717, 1.165) is 25.1 Å². The zero-order valence-corrected chi connectivity index (χ0v) is 11.5. The van der Waals surface area contributed by atoms with Crippen LogP contribution in [0.4, 0.5) is 14.5 Å². The molecule has 0 fully saturated rings. The lowest BCUT2D eigenvalue weighted by atomic mass is 10.1. The lowest BCUT2D eigenvalue weighted by Gasteiger charge is -2.17. The van der Waals surface area contributed by atoms with E-state index in [1.807, 2.05) is 11.9 Å². The third-order valence-electron chi connectivity index (χ3n) is 2.71. The molecule has 0 atom stereocenters. The van der Waals surface area contributed by atoms with Crippen LogP contribution < -0.4 is 5.32 Å². The predicted molar refractivity (Wildman–Crippen MR) is 71.9 cm³/mol. The van der Waals surface area contributed by atoms with E-state index < -0.39 is 11.6 Å². The Kier molecular flexibility index (Phi) is 5.89. The number of amides is 1. The van der Waals surface area contributed by atoms with Crippen LogP contribution >= 0.6 is 0 Å². The van der Waals surface area contributed by atoms with Gasteiger partial charge in [-0.2, -0.15) is 0 Å². The van der Waals surface area contributed by atoms with E-state index in [-0.39, 0.29) is 18.1 Å². The number of carbonyl (C=O) groups excluding carboxylic acids is 1. The van der Waals surface area contributed by atoms with E-state index in [9.17, 15) is 13.6 Å². The van der Waals surface area contributed by atoms with Gasteiger partial charge in [0.1, 0.15) is 11.6 Å². The standard InChI is InChI=1S/C14H20F2N2O/c1-10(2)6-7-18(3)9-14(19)17-13-5-4-11(15)8-12(13)16/h4-5,8,10H,6-7,9H2,1-3H3,(H,17,19). The number of benzene rings is 1. The molecule has 0 aromatic heterocycles. The summed E-state index contributed by atoms with van der Waals surface area (Å²) < 4.78 is 26.0. The Morgan fingerprint density at radius 3 is 2.63 bits per heavy atom. The first-order valence-corrected chi connectivity index (χ1v) is 6.32. The Balaban J connectivity index is 2.46. The first-order valence-electron chi connectivity index (χ1n) is 6.32. The molecule has 0 aliphatic rings. The molecule has 1 aromatic carbocycles. The largest absolute Gasteiger partial charge is 0.322 e. The Bertz CT molecular complexity index is 435. The molecule has 0 heterocycles. The van der Waals surface area contributed by atoms with Crippen molar-refractivity contribution in [2.24, 2.45) is 5.92 Å². The van der Waals surface area contributed by atoms with Crippen LogP contribution in [0.25, 0.3) is 0 Å². The maximum atomic E-state index is 13.3. The number of hydrogen-bond acceptors (Lipinski definition) is 2. The van der Waals surface area contributed by atoms with Crippen molar-refractivity contribution in [3.8, 4) is 0 Å². The molecular formula is C14H20F2N2O. The number of halogens is 2. The van der Waals surface area contributed by atoms with Gasteiger partial charge < -0.3 is 5.32 Å². The monoisotopic (exact) mass is 270 g/mol. The first-order chi connectivity index (χ1) is 8.88. The Morgan fingerprint density at radius 2 is 2.05 bits per heavy atom. The smallest absolute Gasteiger partial charge is 0.238 e. The predicted octanol–water partition coefficient (Wildman–Crippen LogP) is 2.88. The van der Waals surface area contributed by atoms with Gasteiger partial charge in [0, 0.05) is 6.07 Å². The summed E-state index contributed by atoms with van der Waals surface area (Å²) in [5.41, 5.74) is 0.00339. The Hall–Kier alpha value is -1.49. The number of carbonyl (C=O) groups is 1. The zero-order valence-electron chi connectivity index (χ0n) is 11.5. The van der Waals surface area contributed by atoms with Crippen molar-refractivity contribution in [1.82, 2.24) is 4.90 Å². The molecule has 1 amide bonds. The number of anilines is 1. The van der Waals surface area contributed by atoms with Crippen LogP contribution in [-0.4, -0.2) is 30.9 Å². The van der Waals surface area contributed by atoms with Crippen molar-refractivity contribution in [1.29, 1.82) is 0 Å². The van der Waals surface area contributed by atoms with Gasteiger partial charge in [0.15, 0.2) is 0 Å². The minimum absolute atomic E-state index is 0.00339. The molecule has 19 heavy (non-hydrogen) atoms. The van der Waals surface area contributed by atoms with Crippen molar-refractivity contribution in [2.45, 2.75) is 20.3 Å². The number of likely N-dealkylation sites (N-methyl/N-ethyl adjacent to an activating group) is 1. The van der Waals surface area contributed by atoms with Crippen LogP contribution in [0.2, 0.25) is 0 Å². The first kappa shape index (κ1) is 15.6. The number of nitrogens with zero attached hydrogens (tertiary/aromatic N) is 1. The highest BCUT2D eigenvalue weighted by Gasteiger charge is 2.10. The quantitative estimate of drug-likeness (QED) is 0.862. The van der Waals surface area contributed by atoms with Crippen LogP contribution in [0.1, 0.15) is 20.3 Å². The van der Waals surface area contributed by atoms with Crippen LogP contribution in [0.3, 0.4) is 0 Å². The van der Waals surface area contributed by atoms with E-state index >= 15 is 0 Å². The lowest BCUT2D eigenvalue weighted by Crippen LogP contribution is -2.31. The molecular weight excluding hydrogens is 250 g/mol. The van der Waals surface area contributed by atoms with Crippen molar-refractivity contribution in [2.75, 3.05) is 25.5 Å². The van der Waals surface area contributed by atoms with Crippen LogP contribution in [-0.2, 0) is 4.79 Å². The van der Waals surface area contributed by atoms with Gasteiger partial charge in [-0.15, -0.1) is 0 Å². The fourth-order valence-electron chi connectivity index (χ4n) is 1.58. The molecule has 0 saturated heterocycles. The van der Waals surface area contributed by atoms with Crippen molar-refractivity contribution in [3.63, 3.8) is 0 Å². The van der Waals surface area contributed by atoms with Gasteiger partial charge in [-0.3, -0.25) is 9.69 Å². The van der Waals surface area contributed by atoms with E-state index in [1.165, 1.54) is 6.07 Å². The minimum atomic E-state index is -0.766. The van der Waals surface area contributed by atoms with Gasteiger partial charge in [0.2, 0.25) is 5.91 Å². The summed E-state index contributed by atoms with van der Waals surface area (Å²) in [5, 5.41) is 2.43. The van der Waals surface area contributed by atoms with E-state index in [2.05, 4.69) is 19.2 Å². The summed E-state index contributed by atoms with van der Waals surface area (Å²) >= 11 is 0. The average Bonchev–Trinajstić information content (AvgIpc) is 2.30. The molecule has 0 saturated carbocycles. The van der Waals surface area contributed by atoms with Gasteiger partial charge in [-0.05, 0) is 38.1 Å². The van der Waals surface area contributed by atoms with E-state index in [0.29, 0.717) is 5.92 Å². The summed E-state index contributed by atoms with van der Waals surface area (Å²) in [7, 11) is 1.84. The van der Waals surface area contributed by atoms with Crippen molar-refractivity contribution < 1.29 is 13.6 Å². The number of hydrogen-bond donors (Lipinski definition) is 1. The second kappa shape index (κ2) is 7.19. The fourth-order valence-corrected chi connectivity index (χ4v) is 1.58. The van der Waals surface area contributed by atoms with Gasteiger partial charge in [-0.25, -0.2) is 8.78 Å². The highest BCUT2D eigenvalue weighted by molar-refractivity contribution is 5.92. The van der Waals surface area contributed by atoms with Gasteiger partial charge in [-0.1, -0.05) is 13.8 Å². The molecule has 0 unspecified atom stereocenters. The van der Waals surface area contributed by atoms with Crippen molar-refractivity contribution in [3.05, 3.63) is 29.8 Å².